The van der Waals surface area contributed by atoms with E-state index < -0.39 is 0 Å². The molecule has 3 heteroatoms. The van der Waals surface area contributed by atoms with Gasteiger partial charge < -0.3 is 5.73 Å². The average molecular weight is 216 g/mol. The SMILES string of the molecule is NC(Cc1ccccc1F)c1ccncc1. The van der Waals surface area contributed by atoms with E-state index in [1.54, 1.807) is 24.5 Å². The van der Waals surface area contributed by atoms with Crippen molar-refractivity contribution in [3.05, 3.63) is 65.7 Å². The number of halogens is 1. The molecule has 0 saturated carbocycles. The van der Waals surface area contributed by atoms with Crippen LogP contribution >= 0.6 is 0 Å². The number of rotatable bonds is 3. The van der Waals surface area contributed by atoms with Crippen molar-refractivity contribution in [3.8, 4) is 0 Å². The quantitative estimate of drug-likeness (QED) is 0.856. The second-order valence-corrected chi connectivity index (χ2v) is 3.68. The van der Waals surface area contributed by atoms with Crippen LogP contribution in [0, 0.1) is 5.82 Å². The van der Waals surface area contributed by atoms with E-state index in [2.05, 4.69) is 4.98 Å². The second kappa shape index (κ2) is 4.86. The van der Waals surface area contributed by atoms with Crippen molar-refractivity contribution in [1.29, 1.82) is 0 Å². The highest BCUT2D eigenvalue weighted by atomic mass is 19.1. The molecule has 2 rings (SSSR count). The molecule has 16 heavy (non-hydrogen) atoms. The highest BCUT2D eigenvalue weighted by Crippen LogP contribution is 2.17. The van der Waals surface area contributed by atoms with Gasteiger partial charge in [-0.25, -0.2) is 4.39 Å². The Balaban J connectivity index is 2.14. The van der Waals surface area contributed by atoms with Gasteiger partial charge in [-0.3, -0.25) is 4.98 Å². The minimum absolute atomic E-state index is 0.195. The molecule has 0 aliphatic heterocycles. The molecule has 2 nitrogen and oxygen atoms in total. The third kappa shape index (κ3) is 2.44. The molecule has 1 aromatic carbocycles. The molecular formula is C13H13FN2. The zero-order valence-electron chi connectivity index (χ0n) is 8.81. The first-order chi connectivity index (χ1) is 7.77. The van der Waals surface area contributed by atoms with E-state index in [4.69, 9.17) is 5.73 Å². The molecule has 0 spiro atoms. The van der Waals surface area contributed by atoms with Crippen LogP contribution in [0.2, 0.25) is 0 Å². The van der Waals surface area contributed by atoms with Crippen molar-refractivity contribution in [1.82, 2.24) is 4.98 Å². The van der Waals surface area contributed by atoms with Crippen molar-refractivity contribution in [3.63, 3.8) is 0 Å². The Bertz CT molecular complexity index is 456. The number of pyridine rings is 1. The zero-order chi connectivity index (χ0) is 11.4. The van der Waals surface area contributed by atoms with Crippen LogP contribution in [0.15, 0.2) is 48.8 Å². The summed E-state index contributed by atoms with van der Waals surface area (Å²) in [6, 6.07) is 10.2. The fourth-order valence-corrected chi connectivity index (χ4v) is 1.63. The fraction of sp³-hybridized carbons (Fsp3) is 0.154. The Kier molecular flexibility index (Phi) is 3.27. The molecule has 0 amide bonds. The number of benzene rings is 1. The maximum Gasteiger partial charge on any atom is 0.126 e. The van der Waals surface area contributed by atoms with Crippen LogP contribution in [0.1, 0.15) is 17.2 Å². The maximum absolute atomic E-state index is 13.4. The number of nitrogens with zero attached hydrogens (tertiary/aromatic N) is 1. The highest BCUT2D eigenvalue weighted by Gasteiger charge is 2.09. The standard InChI is InChI=1S/C13H13FN2/c14-12-4-2-1-3-11(12)9-13(15)10-5-7-16-8-6-10/h1-8,13H,9,15H2. The number of nitrogens with two attached hydrogens (primary N) is 1. The summed E-state index contributed by atoms with van der Waals surface area (Å²) in [6.45, 7) is 0. The Morgan fingerprint density at radius 2 is 1.81 bits per heavy atom. The van der Waals surface area contributed by atoms with Gasteiger partial charge in [-0.1, -0.05) is 18.2 Å². The van der Waals surface area contributed by atoms with Crippen LogP contribution in [0.25, 0.3) is 0 Å². The van der Waals surface area contributed by atoms with Gasteiger partial charge in [0.1, 0.15) is 5.82 Å². The van der Waals surface area contributed by atoms with Crippen molar-refractivity contribution >= 4 is 0 Å². The first kappa shape index (κ1) is 10.8. The third-order valence-corrected chi connectivity index (χ3v) is 2.53. The third-order valence-electron chi connectivity index (χ3n) is 2.53. The summed E-state index contributed by atoms with van der Waals surface area (Å²) in [4.78, 5) is 3.92. The monoisotopic (exact) mass is 216 g/mol. The fourth-order valence-electron chi connectivity index (χ4n) is 1.63. The second-order valence-electron chi connectivity index (χ2n) is 3.68. The maximum atomic E-state index is 13.4. The Hall–Kier alpha value is -1.74. The average Bonchev–Trinajstić information content (AvgIpc) is 2.33. The van der Waals surface area contributed by atoms with Crippen LogP contribution < -0.4 is 5.73 Å². The molecular weight excluding hydrogens is 203 g/mol. The van der Waals surface area contributed by atoms with Crippen molar-refractivity contribution in [2.24, 2.45) is 5.73 Å². The summed E-state index contributed by atoms with van der Waals surface area (Å²) in [5.74, 6) is -0.202. The van der Waals surface area contributed by atoms with E-state index >= 15 is 0 Å². The first-order valence-corrected chi connectivity index (χ1v) is 5.16. The van der Waals surface area contributed by atoms with Gasteiger partial charge >= 0.3 is 0 Å². The van der Waals surface area contributed by atoms with Gasteiger partial charge in [0.2, 0.25) is 0 Å². The molecule has 1 unspecified atom stereocenters. The molecule has 0 aliphatic rings. The van der Waals surface area contributed by atoms with Gasteiger partial charge in [0.25, 0.3) is 0 Å². The lowest BCUT2D eigenvalue weighted by Gasteiger charge is -2.12. The minimum atomic E-state index is -0.202. The molecule has 1 aromatic heterocycles. The summed E-state index contributed by atoms with van der Waals surface area (Å²) < 4.78 is 13.4. The Labute approximate surface area is 93.9 Å². The van der Waals surface area contributed by atoms with Gasteiger partial charge in [0, 0.05) is 18.4 Å². The molecule has 0 aliphatic carbocycles. The summed E-state index contributed by atoms with van der Waals surface area (Å²) in [5, 5.41) is 0. The van der Waals surface area contributed by atoms with Crippen molar-refractivity contribution in [2.75, 3.05) is 0 Å². The Morgan fingerprint density at radius 3 is 2.50 bits per heavy atom. The molecule has 0 fully saturated rings. The predicted octanol–water partition coefficient (Wildman–Crippen LogP) is 2.46. The van der Waals surface area contributed by atoms with Gasteiger partial charge in [-0.15, -0.1) is 0 Å². The minimum Gasteiger partial charge on any atom is -0.324 e. The molecule has 2 aromatic rings. The van der Waals surface area contributed by atoms with Crippen LogP contribution in [0.3, 0.4) is 0 Å². The predicted molar refractivity (Wildman–Crippen MR) is 61.3 cm³/mol. The molecule has 0 radical (unpaired) electrons. The molecule has 1 heterocycles. The van der Waals surface area contributed by atoms with Crippen molar-refractivity contribution in [2.45, 2.75) is 12.5 Å². The Morgan fingerprint density at radius 1 is 1.12 bits per heavy atom. The molecule has 0 saturated heterocycles. The lowest BCUT2D eigenvalue weighted by Crippen LogP contribution is -2.14. The van der Waals surface area contributed by atoms with Gasteiger partial charge in [0.05, 0.1) is 0 Å². The lowest BCUT2D eigenvalue weighted by atomic mass is 10.0. The highest BCUT2D eigenvalue weighted by molar-refractivity contribution is 5.22. The normalized spacial score (nSPS) is 12.4. The van der Waals surface area contributed by atoms with Gasteiger partial charge in [-0.2, -0.15) is 0 Å². The van der Waals surface area contributed by atoms with E-state index in [9.17, 15) is 4.39 Å². The van der Waals surface area contributed by atoms with Crippen molar-refractivity contribution < 1.29 is 4.39 Å². The topological polar surface area (TPSA) is 38.9 Å². The van der Waals surface area contributed by atoms with E-state index in [0.717, 1.165) is 5.56 Å². The summed E-state index contributed by atoms with van der Waals surface area (Å²) >= 11 is 0. The number of hydrogen-bond acceptors (Lipinski definition) is 2. The van der Waals surface area contributed by atoms with E-state index in [1.807, 2.05) is 18.2 Å². The first-order valence-electron chi connectivity index (χ1n) is 5.16. The van der Waals surface area contributed by atoms with Gasteiger partial charge in [0.15, 0.2) is 0 Å². The van der Waals surface area contributed by atoms with Crippen LogP contribution in [-0.2, 0) is 6.42 Å². The largest absolute Gasteiger partial charge is 0.324 e. The summed E-state index contributed by atoms with van der Waals surface area (Å²) in [6.07, 6.45) is 3.88. The summed E-state index contributed by atoms with van der Waals surface area (Å²) in [5.41, 5.74) is 7.62. The van der Waals surface area contributed by atoms with E-state index in [0.29, 0.717) is 12.0 Å². The molecule has 82 valence electrons. The number of hydrogen-bond donors (Lipinski definition) is 1. The molecule has 1 atom stereocenters. The van der Waals surface area contributed by atoms with Crippen LogP contribution in [-0.4, -0.2) is 4.98 Å². The molecule has 0 bridgehead atoms. The van der Waals surface area contributed by atoms with Crippen LogP contribution in [0.5, 0.6) is 0 Å². The molecule has 2 N–H and O–H groups in total. The van der Waals surface area contributed by atoms with E-state index in [1.165, 1.54) is 6.07 Å². The summed E-state index contributed by atoms with van der Waals surface area (Å²) in [7, 11) is 0. The van der Waals surface area contributed by atoms with Gasteiger partial charge in [-0.05, 0) is 35.7 Å². The zero-order valence-corrected chi connectivity index (χ0v) is 8.81. The van der Waals surface area contributed by atoms with E-state index in [-0.39, 0.29) is 11.9 Å². The number of aromatic nitrogens is 1. The van der Waals surface area contributed by atoms with Crippen LogP contribution in [0.4, 0.5) is 4.39 Å². The lowest BCUT2D eigenvalue weighted by molar-refractivity contribution is 0.593. The smallest absolute Gasteiger partial charge is 0.126 e.